The standard InChI is InChI=1S/C14H26O3/c1-5-7-9-12(10-8-6-2)13(11-16-3)14(15)17-4/h5-11H2,1-4H3. The van der Waals surface area contributed by atoms with Crippen molar-refractivity contribution in [1.82, 2.24) is 0 Å². The molecule has 0 aromatic heterocycles. The number of esters is 1. The molecule has 0 aliphatic heterocycles. The van der Waals surface area contributed by atoms with Crippen molar-refractivity contribution in [3.05, 3.63) is 11.1 Å². The van der Waals surface area contributed by atoms with Crippen molar-refractivity contribution >= 4 is 5.97 Å². The molecule has 0 aromatic rings. The van der Waals surface area contributed by atoms with Gasteiger partial charge in [-0.25, -0.2) is 4.79 Å². The van der Waals surface area contributed by atoms with E-state index < -0.39 is 0 Å². The van der Waals surface area contributed by atoms with Crippen molar-refractivity contribution in [2.45, 2.75) is 52.4 Å². The number of hydrogen-bond donors (Lipinski definition) is 0. The molecule has 0 saturated carbocycles. The summed E-state index contributed by atoms with van der Waals surface area (Å²) in [5, 5.41) is 0. The van der Waals surface area contributed by atoms with Gasteiger partial charge in [-0.2, -0.15) is 0 Å². The van der Waals surface area contributed by atoms with Gasteiger partial charge in [-0.05, 0) is 25.7 Å². The number of hydrogen-bond acceptors (Lipinski definition) is 3. The van der Waals surface area contributed by atoms with Crippen LogP contribution in [0.25, 0.3) is 0 Å². The van der Waals surface area contributed by atoms with Gasteiger partial charge in [0.15, 0.2) is 0 Å². The fourth-order valence-electron chi connectivity index (χ4n) is 1.78. The second-order valence-electron chi connectivity index (χ2n) is 4.21. The predicted molar refractivity (Wildman–Crippen MR) is 70.0 cm³/mol. The van der Waals surface area contributed by atoms with E-state index in [1.807, 2.05) is 0 Å². The Labute approximate surface area is 105 Å². The Hall–Kier alpha value is -0.830. The van der Waals surface area contributed by atoms with Gasteiger partial charge in [0.1, 0.15) is 0 Å². The number of unbranched alkanes of at least 4 members (excludes halogenated alkanes) is 2. The molecule has 0 heterocycles. The highest BCUT2D eigenvalue weighted by molar-refractivity contribution is 5.89. The minimum atomic E-state index is -0.242. The third-order valence-electron chi connectivity index (χ3n) is 2.81. The first-order valence-electron chi connectivity index (χ1n) is 6.49. The molecule has 17 heavy (non-hydrogen) atoms. The molecule has 0 bridgehead atoms. The van der Waals surface area contributed by atoms with Crippen LogP contribution in [0.4, 0.5) is 0 Å². The molecular weight excluding hydrogens is 216 g/mol. The van der Waals surface area contributed by atoms with Gasteiger partial charge in [0.2, 0.25) is 0 Å². The molecule has 100 valence electrons. The van der Waals surface area contributed by atoms with Gasteiger partial charge in [-0.15, -0.1) is 0 Å². The maximum atomic E-state index is 11.7. The normalized spacial score (nSPS) is 10.1. The molecule has 0 aromatic carbocycles. The summed E-state index contributed by atoms with van der Waals surface area (Å²) in [6.45, 7) is 4.67. The van der Waals surface area contributed by atoms with Crippen LogP contribution in [0.15, 0.2) is 11.1 Å². The molecule has 3 heteroatoms. The van der Waals surface area contributed by atoms with Crippen LogP contribution in [0.2, 0.25) is 0 Å². The smallest absolute Gasteiger partial charge is 0.336 e. The van der Waals surface area contributed by atoms with Crippen LogP contribution in [0.1, 0.15) is 52.4 Å². The van der Waals surface area contributed by atoms with E-state index in [4.69, 9.17) is 9.47 Å². The Kier molecular flexibility index (Phi) is 9.83. The lowest BCUT2D eigenvalue weighted by Crippen LogP contribution is -2.13. The number of carbonyl (C=O) groups is 1. The summed E-state index contributed by atoms with van der Waals surface area (Å²) < 4.78 is 9.94. The molecule has 0 amide bonds. The van der Waals surface area contributed by atoms with Crippen molar-refractivity contribution in [3.8, 4) is 0 Å². The molecule has 0 atom stereocenters. The molecule has 0 unspecified atom stereocenters. The van der Waals surface area contributed by atoms with Gasteiger partial charge >= 0.3 is 5.97 Å². The third-order valence-corrected chi connectivity index (χ3v) is 2.81. The van der Waals surface area contributed by atoms with Crippen LogP contribution in [0, 0.1) is 0 Å². The van der Waals surface area contributed by atoms with Crippen molar-refractivity contribution < 1.29 is 14.3 Å². The highest BCUT2D eigenvalue weighted by Crippen LogP contribution is 2.20. The SMILES string of the molecule is CCCCC(CCCC)=C(COC)C(=O)OC. The minimum absolute atomic E-state index is 0.242. The maximum absolute atomic E-state index is 11.7. The Balaban J connectivity index is 4.85. The Bertz CT molecular complexity index is 234. The first-order chi connectivity index (χ1) is 8.21. The highest BCUT2D eigenvalue weighted by atomic mass is 16.5. The second-order valence-corrected chi connectivity index (χ2v) is 4.21. The van der Waals surface area contributed by atoms with Crippen LogP contribution in [0.3, 0.4) is 0 Å². The topological polar surface area (TPSA) is 35.5 Å². The van der Waals surface area contributed by atoms with Crippen molar-refractivity contribution in [1.29, 1.82) is 0 Å². The van der Waals surface area contributed by atoms with Crippen LogP contribution in [0.5, 0.6) is 0 Å². The summed E-state index contributed by atoms with van der Waals surface area (Å²) in [6.07, 6.45) is 6.45. The summed E-state index contributed by atoms with van der Waals surface area (Å²) in [7, 11) is 3.04. The number of ether oxygens (including phenoxy) is 2. The number of methoxy groups -OCH3 is 2. The lowest BCUT2D eigenvalue weighted by atomic mass is 9.97. The lowest BCUT2D eigenvalue weighted by Gasteiger charge is -2.13. The van der Waals surface area contributed by atoms with E-state index in [0.29, 0.717) is 6.61 Å². The first-order valence-corrected chi connectivity index (χ1v) is 6.49. The van der Waals surface area contributed by atoms with E-state index in [2.05, 4.69) is 13.8 Å². The average molecular weight is 242 g/mol. The zero-order valence-corrected chi connectivity index (χ0v) is 11.7. The number of carbonyl (C=O) groups excluding carboxylic acids is 1. The van der Waals surface area contributed by atoms with Gasteiger partial charge in [0.05, 0.1) is 19.3 Å². The molecule has 0 fully saturated rings. The van der Waals surface area contributed by atoms with Crippen LogP contribution in [-0.2, 0) is 14.3 Å². The molecular formula is C14H26O3. The summed E-state index contributed by atoms with van der Waals surface area (Å²) in [6, 6.07) is 0. The lowest BCUT2D eigenvalue weighted by molar-refractivity contribution is -0.136. The number of allylic oxidation sites excluding steroid dienone is 1. The molecule has 0 rings (SSSR count). The second kappa shape index (κ2) is 10.3. The zero-order chi connectivity index (χ0) is 13.1. The summed E-state index contributed by atoms with van der Waals surface area (Å²) in [5.41, 5.74) is 1.93. The van der Waals surface area contributed by atoms with Crippen molar-refractivity contribution in [2.75, 3.05) is 20.8 Å². The summed E-state index contributed by atoms with van der Waals surface area (Å²) in [5.74, 6) is -0.242. The maximum Gasteiger partial charge on any atom is 0.336 e. The first kappa shape index (κ1) is 16.2. The van der Waals surface area contributed by atoms with E-state index in [0.717, 1.165) is 44.1 Å². The molecule has 0 radical (unpaired) electrons. The van der Waals surface area contributed by atoms with Gasteiger partial charge < -0.3 is 9.47 Å². The van der Waals surface area contributed by atoms with E-state index in [9.17, 15) is 4.79 Å². The number of rotatable bonds is 9. The highest BCUT2D eigenvalue weighted by Gasteiger charge is 2.15. The van der Waals surface area contributed by atoms with Gasteiger partial charge in [-0.3, -0.25) is 0 Å². The third kappa shape index (κ3) is 6.47. The zero-order valence-electron chi connectivity index (χ0n) is 11.7. The van der Waals surface area contributed by atoms with E-state index in [1.165, 1.54) is 12.7 Å². The minimum Gasteiger partial charge on any atom is -0.466 e. The van der Waals surface area contributed by atoms with Gasteiger partial charge in [0.25, 0.3) is 0 Å². The molecule has 0 spiro atoms. The molecule has 0 aliphatic carbocycles. The fourth-order valence-corrected chi connectivity index (χ4v) is 1.78. The van der Waals surface area contributed by atoms with Crippen LogP contribution < -0.4 is 0 Å². The molecule has 3 nitrogen and oxygen atoms in total. The molecule has 0 N–H and O–H groups in total. The fraction of sp³-hybridized carbons (Fsp3) is 0.786. The largest absolute Gasteiger partial charge is 0.466 e. The van der Waals surface area contributed by atoms with Crippen LogP contribution in [-0.4, -0.2) is 26.8 Å². The van der Waals surface area contributed by atoms with Gasteiger partial charge in [0, 0.05) is 7.11 Å². The molecule has 0 aliphatic rings. The average Bonchev–Trinajstić information content (AvgIpc) is 2.36. The summed E-state index contributed by atoms with van der Waals surface area (Å²) >= 11 is 0. The predicted octanol–water partition coefficient (Wildman–Crippen LogP) is 3.48. The van der Waals surface area contributed by atoms with E-state index in [1.54, 1.807) is 7.11 Å². The van der Waals surface area contributed by atoms with Crippen molar-refractivity contribution in [2.24, 2.45) is 0 Å². The van der Waals surface area contributed by atoms with Crippen LogP contribution >= 0.6 is 0 Å². The monoisotopic (exact) mass is 242 g/mol. The Morgan fingerprint density at radius 2 is 1.53 bits per heavy atom. The summed E-state index contributed by atoms with van der Waals surface area (Å²) in [4.78, 5) is 11.7. The van der Waals surface area contributed by atoms with Crippen molar-refractivity contribution in [3.63, 3.8) is 0 Å². The Morgan fingerprint density at radius 1 is 1.00 bits per heavy atom. The van der Waals surface area contributed by atoms with E-state index in [-0.39, 0.29) is 5.97 Å². The quantitative estimate of drug-likeness (QED) is 0.458. The Morgan fingerprint density at radius 3 is 1.88 bits per heavy atom. The van der Waals surface area contributed by atoms with Gasteiger partial charge in [-0.1, -0.05) is 32.3 Å². The molecule has 0 saturated heterocycles. The van der Waals surface area contributed by atoms with E-state index >= 15 is 0 Å².